The van der Waals surface area contributed by atoms with Gasteiger partial charge >= 0.3 is 5.97 Å². The third kappa shape index (κ3) is 5.93. The number of carbonyl (C=O) groups excluding carboxylic acids is 2. The lowest BCUT2D eigenvalue weighted by atomic mass is 10.2. The average molecular weight is 423 g/mol. The lowest BCUT2D eigenvalue weighted by Crippen LogP contribution is -2.17. The highest BCUT2D eigenvalue weighted by molar-refractivity contribution is 6.30. The third-order valence-electron chi connectivity index (χ3n) is 3.96. The van der Waals surface area contributed by atoms with Gasteiger partial charge in [-0.3, -0.25) is 4.79 Å². The second-order valence-electron chi connectivity index (χ2n) is 6.13. The first-order valence-corrected chi connectivity index (χ1v) is 9.57. The Kier molecular flexibility index (Phi) is 7.19. The van der Waals surface area contributed by atoms with E-state index in [1.807, 2.05) is 6.92 Å². The topological polar surface area (TPSA) is 77.0 Å². The van der Waals surface area contributed by atoms with Gasteiger partial charge in [0.1, 0.15) is 11.5 Å². The Hall–Kier alpha value is -3.64. The van der Waals surface area contributed by atoms with Crippen LogP contribution in [0.2, 0.25) is 5.02 Å². The van der Waals surface area contributed by atoms with Crippen molar-refractivity contribution in [3.05, 3.63) is 94.5 Å². The van der Waals surface area contributed by atoms with Gasteiger partial charge in [-0.2, -0.15) is 5.10 Å². The minimum Gasteiger partial charge on any atom is -0.494 e. The maximum atomic E-state index is 12.2. The summed E-state index contributed by atoms with van der Waals surface area (Å²) in [4.78, 5) is 24.3. The van der Waals surface area contributed by atoms with Gasteiger partial charge in [0, 0.05) is 10.6 Å². The van der Waals surface area contributed by atoms with Gasteiger partial charge in [0.25, 0.3) is 5.91 Å². The fraction of sp³-hybridized carbons (Fsp3) is 0.0870. The summed E-state index contributed by atoms with van der Waals surface area (Å²) >= 11 is 5.82. The Balaban J connectivity index is 1.59. The second-order valence-corrected chi connectivity index (χ2v) is 6.56. The zero-order valence-electron chi connectivity index (χ0n) is 16.2. The summed E-state index contributed by atoms with van der Waals surface area (Å²) in [6.07, 6.45) is 1.46. The van der Waals surface area contributed by atoms with Gasteiger partial charge < -0.3 is 9.47 Å². The summed E-state index contributed by atoms with van der Waals surface area (Å²) in [6.45, 7) is 2.45. The molecule has 0 aliphatic carbocycles. The van der Waals surface area contributed by atoms with Crippen LogP contribution >= 0.6 is 11.6 Å². The third-order valence-corrected chi connectivity index (χ3v) is 4.21. The first kappa shape index (κ1) is 21.1. The molecule has 3 aromatic carbocycles. The van der Waals surface area contributed by atoms with Gasteiger partial charge in [-0.15, -0.1) is 0 Å². The monoisotopic (exact) mass is 422 g/mol. The molecule has 6 nitrogen and oxygen atoms in total. The van der Waals surface area contributed by atoms with Crippen molar-refractivity contribution in [2.24, 2.45) is 5.10 Å². The molecule has 0 aromatic heterocycles. The van der Waals surface area contributed by atoms with Crippen molar-refractivity contribution in [1.29, 1.82) is 0 Å². The standard InChI is InChI=1S/C23H19ClN2O4/c1-2-29-20-12-8-17(9-13-20)22(27)26-25-15-16-4-3-5-21(14-16)30-23(28)18-6-10-19(24)11-7-18/h3-15H,2H2,1H3,(H,26,27). The van der Waals surface area contributed by atoms with E-state index in [0.29, 0.717) is 39.8 Å². The fourth-order valence-corrected chi connectivity index (χ4v) is 2.64. The minimum absolute atomic E-state index is 0.348. The van der Waals surface area contributed by atoms with Crippen LogP contribution in [-0.4, -0.2) is 24.7 Å². The van der Waals surface area contributed by atoms with E-state index in [4.69, 9.17) is 21.1 Å². The number of carbonyl (C=O) groups is 2. The molecule has 1 N–H and O–H groups in total. The summed E-state index contributed by atoms with van der Waals surface area (Å²) in [5, 5.41) is 4.49. The highest BCUT2D eigenvalue weighted by Gasteiger charge is 2.09. The normalized spacial score (nSPS) is 10.6. The van der Waals surface area contributed by atoms with Gasteiger partial charge in [-0.1, -0.05) is 23.7 Å². The summed E-state index contributed by atoms with van der Waals surface area (Å²) in [5.74, 6) is 0.212. The van der Waals surface area contributed by atoms with E-state index in [1.54, 1.807) is 72.8 Å². The van der Waals surface area contributed by atoms with Gasteiger partial charge in [-0.25, -0.2) is 10.2 Å². The second kappa shape index (κ2) is 10.2. The molecule has 152 valence electrons. The molecule has 0 bridgehead atoms. The number of nitrogens with one attached hydrogen (secondary N) is 1. The summed E-state index contributed by atoms with van der Waals surface area (Å²) in [5.41, 5.74) is 3.97. The van der Waals surface area contributed by atoms with Crippen LogP contribution in [-0.2, 0) is 0 Å². The SMILES string of the molecule is CCOc1ccc(C(=O)NN=Cc2cccc(OC(=O)c3ccc(Cl)cc3)c2)cc1. The molecule has 7 heteroatoms. The van der Waals surface area contributed by atoms with E-state index < -0.39 is 5.97 Å². The first-order valence-electron chi connectivity index (χ1n) is 9.19. The van der Waals surface area contributed by atoms with Crippen LogP contribution in [0.15, 0.2) is 77.9 Å². The average Bonchev–Trinajstić information content (AvgIpc) is 2.75. The number of hydrogen-bond acceptors (Lipinski definition) is 5. The van der Waals surface area contributed by atoms with Crippen molar-refractivity contribution in [3.8, 4) is 11.5 Å². The van der Waals surface area contributed by atoms with Crippen molar-refractivity contribution in [2.75, 3.05) is 6.61 Å². The molecule has 0 atom stereocenters. The molecule has 3 rings (SSSR count). The fourth-order valence-electron chi connectivity index (χ4n) is 2.51. The molecule has 0 saturated carbocycles. The van der Waals surface area contributed by atoms with Gasteiger partial charge in [0.05, 0.1) is 18.4 Å². The van der Waals surface area contributed by atoms with Crippen LogP contribution in [0.1, 0.15) is 33.2 Å². The maximum Gasteiger partial charge on any atom is 0.343 e. The number of rotatable bonds is 7. The van der Waals surface area contributed by atoms with Crippen LogP contribution in [0, 0.1) is 0 Å². The number of hydrogen-bond donors (Lipinski definition) is 1. The largest absolute Gasteiger partial charge is 0.494 e. The molecule has 30 heavy (non-hydrogen) atoms. The summed E-state index contributed by atoms with van der Waals surface area (Å²) in [7, 11) is 0. The van der Waals surface area contributed by atoms with Crippen LogP contribution in [0.5, 0.6) is 11.5 Å². The van der Waals surface area contributed by atoms with E-state index in [0.717, 1.165) is 0 Å². The molecule has 0 spiro atoms. The molecule has 0 aliphatic heterocycles. The molecule has 0 saturated heterocycles. The van der Waals surface area contributed by atoms with E-state index >= 15 is 0 Å². The quantitative estimate of drug-likeness (QED) is 0.258. The minimum atomic E-state index is -0.496. The highest BCUT2D eigenvalue weighted by atomic mass is 35.5. The van der Waals surface area contributed by atoms with Crippen LogP contribution in [0.25, 0.3) is 0 Å². The number of amides is 1. The van der Waals surface area contributed by atoms with Crippen molar-refractivity contribution < 1.29 is 19.1 Å². The Bertz CT molecular complexity index is 1050. The predicted octanol–water partition coefficient (Wildman–Crippen LogP) is 4.72. The van der Waals surface area contributed by atoms with Gasteiger partial charge in [-0.05, 0) is 73.2 Å². The number of ether oxygens (including phenoxy) is 2. The Labute approximate surface area is 179 Å². The van der Waals surface area contributed by atoms with E-state index in [9.17, 15) is 9.59 Å². The van der Waals surface area contributed by atoms with E-state index in [2.05, 4.69) is 10.5 Å². The molecular formula is C23H19ClN2O4. The predicted molar refractivity (Wildman–Crippen MR) is 116 cm³/mol. The summed E-state index contributed by atoms with van der Waals surface area (Å²) < 4.78 is 10.7. The number of halogens is 1. The lowest BCUT2D eigenvalue weighted by Gasteiger charge is -2.05. The highest BCUT2D eigenvalue weighted by Crippen LogP contribution is 2.16. The number of hydrazone groups is 1. The number of esters is 1. The smallest absolute Gasteiger partial charge is 0.343 e. The molecule has 0 aliphatic rings. The number of nitrogens with zero attached hydrogens (tertiary/aromatic N) is 1. The Morgan fingerprint density at radius 1 is 0.967 bits per heavy atom. The molecular weight excluding hydrogens is 404 g/mol. The first-order chi connectivity index (χ1) is 14.5. The number of benzene rings is 3. The Morgan fingerprint density at radius 2 is 1.67 bits per heavy atom. The van der Waals surface area contributed by atoms with Crippen LogP contribution in [0.3, 0.4) is 0 Å². The molecule has 0 fully saturated rings. The van der Waals surface area contributed by atoms with E-state index in [1.165, 1.54) is 6.21 Å². The van der Waals surface area contributed by atoms with Crippen molar-refractivity contribution >= 4 is 29.7 Å². The molecule has 3 aromatic rings. The van der Waals surface area contributed by atoms with E-state index in [-0.39, 0.29) is 5.91 Å². The molecule has 0 unspecified atom stereocenters. The molecule has 0 radical (unpaired) electrons. The van der Waals surface area contributed by atoms with Crippen LogP contribution in [0.4, 0.5) is 0 Å². The molecule has 0 heterocycles. The van der Waals surface area contributed by atoms with Crippen molar-refractivity contribution in [1.82, 2.24) is 5.43 Å². The Morgan fingerprint density at radius 3 is 2.37 bits per heavy atom. The molecule has 1 amide bonds. The van der Waals surface area contributed by atoms with Crippen LogP contribution < -0.4 is 14.9 Å². The zero-order chi connectivity index (χ0) is 21.3. The van der Waals surface area contributed by atoms with Gasteiger partial charge in [0.2, 0.25) is 0 Å². The van der Waals surface area contributed by atoms with Gasteiger partial charge in [0.15, 0.2) is 0 Å². The van der Waals surface area contributed by atoms with Crippen molar-refractivity contribution in [2.45, 2.75) is 6.92 Å². The summed E-state index contributed by atoms with van der Waals surface area (Å²) in [6, 6.07) is 20.0. The lowest BCUT2D eigenvalue weighted by molar-refractivity contribution is 0.0734. The zero-order valence-corrected chi connectivity index (χ0v) is 16.9. The van der Waals surface area contributed by atoms with Crippen molar-refractivity contribution in [3.63, 3.8) is 0 Å². The maximum absolute atomic E-state index is 12.2.